The molecule has 0 heterocycles. The van der Waals surface area contributed by atoms with E-state index in [1.54, 1.807) is 0 Å². The fourth-order valence-corrected chi connectivity index (χ4v) is 1.70. The molecular weight excluding hydrogens is 168 g/mol. The number of rotatable bonds is 8. The van der Waals surface area contributed by atoms with Gasteiger partial charge in [0.1, 0.15) is 0 Å². The molecule has 0 bridgehead atoms. The Morgan fingerprint density at radius 3 is 2.43 bits per heavy atom. The first-order valence-electron chi connectivity index (χ1n) is 6.11. The van der Waals surface area contributed by atoms with Crippen LogP contribution in [0, 0.1) is 5.92 Å². The van der Waals surface area contributed by atoms with E-state index in [1.165, 1.54) is 37.7 Å². The lowest BCUT2D eigenvalue weighted by Gasteiger charge is -2.14. The summed E-state index contributed by atoms with van der Waals surface area (Å²) in [5, 5.41) is 0. The Labute approximate surface area is 90.1 Å². The second kappa shape index (κ2) is 9.05. The molecule has 0 aromatic carbocycles. The number of allylic oxidation sites excluding steroid dienone is 3. The Morgan fingerprint density at radius 2 is 1.93 bits per heavy atom. The maximum Gasteiger partial charge on any atom is -0.0171 e. The molecule has 0 aliphatic carbocycles. The van der Waals surface area contributed by atoms with Gasteiger partial charge < -0.3 is 0 Å². The van der Waals surface area contributed by atoms with E-state index in [2.05, 4.69) is 39.5 Å². The van der Waals surface area contributed by atoms with Crippen LogP contribution in [-0.2, 0) is 0 Å². The predicted octanol–water partition coefficient (Wildman–Crippen LogP) is 5.12. The highest BCUT2D eigenvalue weighted by molar-refractivity contribution is 5.17. The van der Waals surface area contributed by atoms with Crippen LogP contribution in [0.2, 0.25) is 0 Å². The molecule has 0 saturated heterocycles. The molecule has 1 atom stereocenters. The van der Waals surface area contributed by atoms with Gasteiger partial charge in [0.05, 0.1) is 0 Å². The Hall–Kier alpha value is -0.520. The van der Waals surface area contributed by atoms with Crippen molar-refractivity contribution in [3.63, 3.8) is 0 Å². The number of hydrogen-bond donors (Lipinski definition) is 0. The van der Waals surface area contributed by atoms with Crippen LogP contribution in [0.15, 0.2) is 24.3 Å². The molecule has 0 radical (unpaired) electrons. The summed E-state index contributed by atoms with van der Waals surface area (Å²) in [5.41, 5.74) is 1.32. The number of unbranched alkanes of at least 4 members (excludes halogenated alkanes) is 2. The van der Waals surface area contributed by atoms with E-state index in [1.807, 2.05) is 0 Å². The minimum atomic E-state index is 0.712. The maximum absolute atomic E-state index is 4.16. The summed E-state index contributed by atoms with van der Waals surface area (Å²) in [7, 11) is 0. The lowest BCUT2D eigenvalue weighted by Crippen LogP contribution is -2.00. The van der Waals surface area contributed by atoms with E-state index in [0.29, 0.717) is 5.92 Å². The Morgan fingerprint density at radius 1 is 1.21 bits per heavy atom. The smallest absolute Gasteiger partial charge is 0.0171 e. The average Bonchev–Trinajstić information content (AvgIpc) is 2.21. The van der Waals surface area contributed by atoms with Crippen LogP contribution in [0.1, 0.15) is 59.3 Å². The van der Waals surface area contributed by atoms with Gasteiger partial charge in [-0.3, -0.25) is 0 Å². The summed E-state index contributed by atoms with van der Waals surface area (Å²) in [6, 6.07) is 0. The standard InChI is InChI=1S/C14H26/c1-5-8-10-12-14(7-3)13(4)11-9-6-2/h9,11,14H,4-8,10,12H2,1-3H3. The lowest BCUT2D eigenvalue weighted by molar-refractivity contribution is 0.512. The Kier molecular flexibility index (Phi) is 8.72. The van der Waals surface area contributed by atoms with Gasteiger partial charge in [-0.2, -0.15) is 0 Å². The van der Waals surface area contributed by atoms with E-state index in [-0.39, 0.29) is 0 Å². The molecule has 0 aliphatic rings. The van der Waals surface area contributed by atoms with Crippen LogP contribution in [0.4, 0.5) is 0 Å². The van der Waals surface area contributed by atoms with Gasteiger partial charge in [-0.05, 0) is 25.2 Å². The van der Waals surface area contributed by atoms with Gasteiger partial charge in [-0.1, -0.05) is 64.3 Å². The summed E-state index contributed by atoms with van der Waals surface area (Å²) < 4.78 is 0. The summed E-state index contributed by atoms with van der Waals surface area (Å²) in [4.78, 5) is 0. The topological polar surface area (TPSA) is 0 Å². The van der Waals surface area contributed by atoms with Crippen molar-refractivity contribution in [2.75, 3.05) is 0 Å². The molecule has 0 nitrogen and oxygen atoms in total. The molecule has 0 heteroatoms. The van der Waals surface area contributed by atoms with Crippen molar-refractivity contribution in [2.45, 2.75) is 59.3 Å². The normalized spacial score (nSPS) is 13.4. The largest absolute Gasteiger partial charge is 0.0956 e. The zero-order chi connectivity index (χ0) is 10.8. The number of hydrogen-bond acceptors (Lipinski definition) is 0. The third kappa shape index (κ3) is 6.01. The Bertz CT molecular complexity index is 165. The first kappa shape index (κ1) is 13.5. The minimum Gasteiger partial charge on any atom is -0.0956 e. The molecule has 0 fully saturated rings. The predicted molar refractivity (Wildman–Crippen MR) is 66.5 cm³/mol. The highest BCUT2D eigenvalue weighted by Crippen LogP contribution is 2.21. The molecular formula is C14H26. The summed E-state index contributed by atoms with van der Waals surface area (Å²) in [5.74, 6) is 0.712. The first-order chi connectivity index (χ1) is 6.76. The molecule has 14 heavy (non-hydrogen) atoms. The van der Waals surface area contributed by atoms with Crippen LogP contribution in [0.5, 0.6) is 0 Å². The van der Waals surface area contributed by atoms with Crippen molar-refractivity contribution in [3.05, 3.63) is 24.3 Å². The van der Waals surface area contributed by atoms with E-state index in [9.17, 15) is 0 Å². The molecule has 0 rings (SSSR count). The fraction of sp³-hybridized carbons (Fsp3) is 0.714. The summed E-state index contributed by atoms with van der Waals surface area (Å²) in [6.07, 6.45) is 12.1. The minimum absolute atomic E-state index is 0.712. The third-order valence-corrected chi connectivity index (χ3v) is 2.74. The van der Waals surface area contributed by atoms with Crippen molar-refractivity contribution in [1.82, 2.24) is 0 Å². The highest BCUT2D eigenvalue weighted by Gasteiger charge is 2.06. The van der Waals surface area contributed by atoms with E-state index < -0.39 is 0 Å². The van der Waals surface area contributed by atoms with Gasteiger partial charge >= 0.3 is 0 Å². The zero-order valence-corrected chi connectivity index (χ0v) is 10.2. The molecule has 0 amide bonds. The van der Waals surface area contributed by atoms with Gasteiger partial charge in [0.25, 0.3) is 0 Å². The van der Waals surface area contributed by atoms with Crippen LogP contribution >= 0.6 is 0 Å². The monoisotopic (exact) mass is 194 g/mol. The van der Waals surface area contributed by atoms with Gasteiger partial charge in [0.15, 0.2) is 0 Å². The third-order valence-electron chi connectivity index (χ3n) is 2.74. The van der Waals surface area contributed by atoms with Crippen LogP contribution < -0.4 is 0 Å². The molecule has 82 valence electrons. The molecule has 0 aromatic rings. The van der Waals surface area contributed by atoms with Gasteiger partial charge in [0.2, 0.25) is 0 Å². The van der Waals surface area contributed by atoms with Crippen LogP contribution in [0.3, 0.4) is 0 Å². The molecule has 0 aliphatic heterocycles. The van der Waals surface area contributed by atoms with Crippen molar-refractivity contribution >= 4 is 0 Å². The van der Waals surface area contributed by atoms with Gasteiger partial charge in [0, 0.05) is 0 Å². The quantitative estimate of drug-likeness (QED) is 0.372. The molecule has 0 aromatic heterocycles. The molecule has 0 N–H and O–H groups in total. The summed E-state index contributed by atoms with van der Waals surface area (Å²) >= 11 is 0. The highest BCUT2D eigenvalue weighted by atomic mass is 14.1. The van der Waals surface area contributed by atoms with Crippen molar-refractivity contribution in [2.24, 2.45) is 5.92 Å². The molecule has 0 spiro atoms. The zero-order valence-electron chi connectivity index (χ0n) is 10.2. The SMILES string of the molecule is C=C(C=CCC)C(CC)CCCCC. The second-order valence-electron chi connectivity index (χ2n) is 3.99. The van der Waals surface area contributed by atoms with Crippen LogP contribution in [0.25, 0.3) is 0 Å². The fourth-order valence-electron chi connectivity index (χ4n) is 1.70. The van der Waals surface area contributed by atoms with E-state index in [4.69, 9.17) is 0 Å². The van der Waals surface area contributed by atoms with Crippen molar-refractivity contribution < 1.29 is 0 Å². The van der Waals surface area contributed by atoms with Gasteiger partial charge in [-0.15, -0.1) is 0 Å². The molecule has 1 unspecified atom stereocenters. The maximum atomic E-state index is 4.16. The van der Waals surface area contributed by atoms with Crippen LogP contribution in [-0.4, -0.2) is 0 Å². The van der Waals surface area contributed by atoms with Gasteiger partial charge in [-0.25, -0.2) is 0 Å². The summed E-state index contributed by atoms with van der Waals surface area (Å²) in [6.45, 7) is 10.8. The van der Waals surface area contributed by atoms with Crippen molar-refractivity contribution in [3.8, 4) is 0 Å². The Balaban J connectivity index is 3.86. The first-order valence-corrected chi connectivity index (χ1v) is 6.11. The second-order valence-corrected chi connectivity index (χ2v) is 3.99. The average molecular weight is 194 g/mol. The molecule has 0 saturated carbocycles. The van der Waals surface area contributed by atoms with E-state index in [0.717, 1.165) is 6.42 Å². The lowest BCUT2D eigenvalue weighted by atomic mass is 9.91. The van der Waals surface area contributed by atoms with Crippen molar-refractivity contribution in [1.29, 1.82) is 0 Å². The van der Waals surface area contributed by atoms with E-state index >= 15 is 0 Å².